The molecule has 0 aromatic heterocycles. The van der Waals surface area contributed by atoms with Crippen LogP contribution in [0.15, 0.2) is 41.5 Å². The third-order valence-electron chi connectivity index (χ3n) is 12.3. The highest BCUT2D eigenvalue weighted by Gasteiger charge is 2.78. The van der Waals surface area contributed by atoms with Crippen LogP contribution in [0.1, 0.15) is 85.5 Å². The van der Waals surface area contributed by atoms with Crippen LogP contribution in [0.4, 0.5) is 0 Å². The lowest BCUT2D eigenvalue weighted by Crippen LogP contribution is -2.82. The first-order valence-corrected chi connectivity index (χ1v) is 19.9. The molecule has 1 aromatic rings. The van der Waals surface area contributed by atoms with Crippen LogP contribution in [0.5, 0.6) is 0 Å². The molecule has 5 rings (SSSR count). The summed E-state index contributed by atoms with van der Waals surface area (Å²) in [4.78, 5) is 69.4. The number of Topliss-reactive ketones (excluding diaryl/α,β-unsaturated/α-hetero) is 2. The summed E-state index contributed by atoms with van der Waals surface area (Å²) in [5.74, 6) is -5.05. The predicted molar refractivity (Wildman–Crippen MR) is 180 cm³/mol. The first-order valence-electron chi connectivity index (χ1n) is 17.3. The van der Waals surface area contributed by atoms with Gasteiger partial charge in [-0.1, -0.05) is 52.8 Å². The van der Waals surface area contributed by atoms with Crippen LogP contribution in [-0.2, 0) is 42.6 Å². The summed E-state index contributed by atoms with van der Waals surface area (Å²) in [6, 6.07) is 10.5. The maximum Gasteiger partial charge on any atom is 0.338 e. The van der Waals surface area contributed by atoms with Crippen LogP contribution in [0.25, 0.3) is 0 Å². The molecule has 2 saturated carbocycles. The van der Waals surface area contributed by atoms with Crippen LogP contribution in [0.3, 0.4) is 0 Å². The fraction of sp³-hybridized carbons (Fsp3) is 0.649. The Bertz CT molecular complexity index is 1560. The summed E-state index contributed by atoms with van der Waals surface area (Å²) in [5.41, 5.74) is -6.43. The molecule has 49 heavy (non-hydrogen) atoms. The van der Waals surface area contributed by atoms with E-state index in [-0.39, 0.29) is 30.6 Å². The highest BCUT2D eigenvalue weighted by molar-refractivity contribution is 6.73. The van der Waals surface area contributed by atoms with Crippen molar-refractivity contribution in [3.05, 3.63) is 47.0 Å². The molecule has 1 heterocycles. The minimum Gasteiger partial charge on any atom is -0.458 e. The summed E-state index contributed by atoms with van der Waals surface area (Å²) in [6.45, 7) is 15.0. The van der Waals surface area contributed by atoms with Crippen molar-refractivity contribution in [3.8, 4) is 0 Å². The highest BCUT2D eigenvalue weighted by Crippen LogP contribution is 2.64. The van der Waals surface area contributed by atoms with Crippen LogP contribution in [0, 0.1) is 16.7 Å². The van der Waals surface area contributed by atoms with E-state index in [1.54, 1.807) is 58.0 Å². The van der Waals surface area contributed by atoms with Crippen molar-refractivity contribution in [3.63, 3.8) is 0 Å². The number of fused-ring (bicyclic) bond motifs is 5. The average molecular weight is 699 g/mol. The molecule has 2 bridgehead atoms. The molecule has 0 radical (unpaired) electrons. The smallest absolute Gasteiger partial charge is 0.338 e. The van der Waals surface area contributed by atoms with E-state index in [0.29, 0.717) is 5.57 Å². The Kier molecular flexibility index (Phi) is 9.72. The zero-order chi connectivity index (χ0) is 36.3. The summed E-state index contributed by atoms with van der Waals surface area (Å²) < 4.78 is 31.5. The fourth-order valence-corrected chi connectivity index (χ4v) is 12.2. The van der Waals surface area contributed by atoms with Gasteiger partial charge in [-0.25, -0.2) is 4.79 Å². The quantitative estimate of drug-likeness (QED) is 0.162. The zero-order valence-electron chi connectivity index (χ0n) is 30.0. The number of ether oxygens (including phenoxy) is 4. The van der Waals surface area contributed by atoms with E-state index in [2.05, 4.69) is 20.8 Å². The van der Waals surface area contributed by atoms with E-state index in [1.165, 1.54) is 13.8 Å². The normalized spacial score (nSPS) is 35.2. The number of rotatable bonds is 9. The molecule has 0 amide bonds. The second-order valence-corrected chi connectivity index (χ2v) is 19.7. The van der Waals surface area contributed by atoms with Gasteiger partial charge in [-0.15, -0.1) is 0 Å². The minimum atomic E-state index is -2.48. The number of carbonyl (C=O) groups excluding carboxylic acids is 5. The molecule has 3 aliphatic carbocycles. The Hall–Kier alpha value is -3.19. The Morgan fingerprint density at radius 3 is 2.08 bits per heavy atom. The van der Waals surface area contributed by atoms with Crippen LogP contribution in [-0.4, -0.2) is 85.1 Å². The number of aliphatic hydroxyl groups is 1. The second-order valence-electron chi connectivity index (χ2n) is 15.0. The summed E-state index contributed by atoms with van der Waals surface area (Å²) in [7, 11) is -2.48. The molecule has 8 atom stereocenters. The monoisotopic (exact) mass is 698 g/mol. The molecular formula is C37H50O11Si. The molecule has 12 heteroatoms. The molecule has 1 saturated heterocycles. The van der Waals surface area contributed by atoms with Crippen molar-refractivity contribution < 1.29 is 52.5 Å². The maximum atomic E-state index is 15.2. The van der Waals surface area contributed by atoms with E-state index in [0.717, 1.165) is 18.1 Å². The van der Waals surface area contributed by atoms with E-state index in [4.69, 9.17) is 23.4 Å². The lowest BCUT2D eigenvalue weighted by atomic mass is 9.45. The number of hydrogen-bond donors (Lipinski definition) is 1. The number of hydrogen-bond acceptors (Lipinski definition) is 11. The molecule has 11 nitrogen and oxygen atoms in total. The standard InChI is InChI=1S/C37H50O11Si/c1-10-49(11-2,12-3)48-26-18-27-36(20-44-27,47-23(6)39)30-32(46-33(42)24-16-14-13-15-17-24)37(43)19-25(45-22(5)38)21(4)28(34(37,7)8)29(40)31(41)35(26,30)9/h13-17,25-27,30,32,43H,10-12,18-20H2,1-9H3/t25-,26-,27+,30-,32-,35+,36-,37+/m0/s1. The van der Waals surface area contributed by atoms with Gasteiger partial charge >= 0.3 is 17.9 Å². The topological polar surface area (TPSA) is 152 Å². The van der Waals surface area contributed by atoms with Gasteiger partial charge in [0.15, 0.2) is 13.9 Å². The number of ketones is 2. The second kappa shape index (κ2) is 12.8. The Morgan fingerprint density at radius 2 is 1.57 bits per heavy atom. The maximum absolute atomic E-state index is 15.2. The molecule has 0 unspecified atom stereocenters. The van der Waals surface area contributed by atoms with Crippen molar-refractivity contribution in [2.75, 3.05) is 6.61 Å². The van der Waals surface area contributed by atoms with Gasteiger partial charge < -0.3 is 28.5 Å². The Morgan fingerprint density at radius 1 is 0.959 bits per heavy atom. The van der Waals surface area contributed by atoms with Gasteiger partial charge in [0.2, 0.25) is 11.6 Å². The molecule has 1 aliphatic heterocycles. The fourth-order valence-electron chi connectivity index (χ4n) is 9.21. The van der Waals surface area contributed by atoms with Crippen LogP contribution < -0.4 is 0 Å². The SMILES string of the molecule is CC[Si](CC)(CC)O[C@H]1C[C@H]2OC[C@@]2(OC(C)=O)[C@H]2[C@H](OC(=O)c3ccccc3)[C@]3(O)C[C@H](OC(C)=O)C(C)=C(C(=O)C(=O)[C@]12C)C3(C)C. The van der Waals surface area contributed by atoms with Crippen LogP contribution >= 0.6 is 0 Å². The zero-order valence-corrected chi connectivity index (χ0v) is 31.0. The lowest BCUT2D eigenvalue weighted by molar-refractivity contribution is -0.342. The van der Waals surface area contributed by atoms with E-state index < -0.39 is 90.2 Å². The summed E-state index contributed by atoms with van der Waals surface area (Å²) in [6.07, 6.45) is -4.49. The van der Waals surface area contributed by atoms with Crippen molar-refractivity contribution in [1.82, 2.24) is 0 Å². The predicted octanol–water partition coefficient (Wildman–Crippen LogP) is 4.89. The van der Waals surface area contributed by atoms with Crippen LogP contribution in [0.2, 0.25) is 18.1 Å². The summed E-state index contributed by atoms with van der Waals surface area (Å²) in [5, 5.41) is 13.3. The first kappa shape index (κ1) is 37.1. The van der Waals surface area contributed by atoms with Gasteiger partial charge in [0.05, 0.1) is 29.6 Å². The van der Waals surface area contributed by atoms with Crippen molar-refractivity contribution >= 4 is 37.8 Å². The van der Waals surface area contributed by atoms with Gasteiger partial charge in [-0.2, -0.15) is 0 Å². The Labute approximate surface area is 289 Å². The van der Waals surface area contributed by atoms with Gasteiger partial charge in [-0.3, -0.25) is 19.2 Å². The van der Waals surface area contributed by atoms with Gasteiger partial charge in [0.1, 0.15) is 23.9 Å². The molecule has 1 N–H and O–H groups in total. The van der Waals surface area contributed by atoms with Crippen molar-refractivity contribution in [1.29, 1.82) is 0 Å². The van der Waals surface area contributed by atoms with Gasteiger partial charge in [-0.05, 0) is 49.7 Å². The third-order valence-corrected chi connectivity index (χ3v) is 17.0. The summed E-state index contributed by atoms with van der Waals surface area (Å²) >= 11 is 0. The van der Waals surface area contributed by atoms with E-state index in [1.807, 2.05) is 0 Å². The molecule has 4 aliphatic rings. The van der Waals surface area contributed by atoms with E-state index in [9.17, 15) is 24.3 Å². The number of carbonyl (C=O) groups is 5. The molecule has 0 spiro atoms. The van der Waals surface area contributed by atoms with E-state index >= 15 is 4.79 Å². The lowest BCUT2D eigenvalue weighted by Gasteiger charge is -2.67. The van der Waals surface area contributed by atoms with Gasteiger partial charge in [0, 0.05) is 37.7 Å². The first-order chi connectivity index (χ1) is 22.9. The molecule has 268 valence electrons. The minimum absolute atomic E-state index is 0.00446. The van der Waals surface area contributed by atoms with Crippen molar-refractivity contribution in [2.24, 2.45) is 16.7 Å². The average Bonchev–Trinajstić information content (AvgIpc) is 3.04. The highest BCUT2D eigenvalue weighted by atomic mass is 28.4. The Balaban J connectivity index is 1.86. The molecular weight excluding hydrogens is 648 g/mol. The number of esters is 3. The largest absolute Gasteiger partial charge is 0.458 e. The molecule has 3 fully saturated rings. The van der Waals surface area contributed by atoms with Crippen molar-refractivity contribution in [2.45, 2.75) is 129 Å². The number of benzene rings is 1. The third kappa shape index (κ3) is 5.53. The van der Waals surface area contributed by atoms with Gasteiger partial charge in [0.25, 0.3) is 0 Å². The molecule has 1 aromatic carbocycles.